The van der Waals surface area contributed by atoms with Crippen molar-refractivity contribution in [1.82, 2.24) is 0 Å². The van der Waals surface area contributed by atoms with Gasteiger partial charge in [0, 0.05) is 17.7 Å². The molecule has 3 rings (SSSR count). The van der Waals surface area contributed by atoms with Crippen molar-refractivity contribution < 1.29 is 9.21 Å². The van der Waals surface area contributed by atoms with Crippen molar-refractivity contribution in [2.45, 2.75) is 13.8 Å². The molecule has 1 N–H and O–H groups in total. The molecule has 1 amide bonds. The van der Waals surface area contributed by atoms with Gasteiger partial charge in [0.2, 0.25) is 5.91 Å². The zero-order valence-electron chi connectivity index (χ0n) is 10.3. The van der Waals surface area contributed by atoms with Crippen LogP contribution in [0.1, 0.15) is 12.5 Å². The number of aryl methyl sites for hydroxylation is 1. The van der Waals surface area contributed by atoms with Crippen LogP contribution in [0.15, 0.2) is 40.8 Å². The van der Waals surface area contributed by atoms with Gasteiger partial charge in [-0.3, -0.25) is 4.79 Å². The number of hydrogen-bond donors (Lipinski definition) is 1. The highest BCUT2D eigenvalue weighted by Crippen LogP contribution is 2.35. The summed E-state index contributed by atoms with van der Waals surface area (Å²) in [5.41, 5.74) is 3.45. The van der Waals surface area contributed by atoms with E-state index in [0.29, 0.717) is 0 Å². The molecular weight excluding hydrogens is 226 g/mol. The standard InChI is InChI=1S/C15H13NO2/c1-9-7-8-12(16-10(2)17)15-14(9)11-5-3-4-6-13(11)18-15/h3-8H,1-2H3,(H,16,17). The fourth-order valence-corrected chi connectivity index (χ4v) is 2.28. The summed E-state index contributed by atoms with van der Waals surface area (Å²) in [6, 6.07) is 11.8. The fourth-order valence-electron chi connectivity index (χ4n) is 2.28. The van der Waals surface area contributed by atoms with Crippen LogP contribution in [0.25, 0.3) is 21.9 Å². The zero-order chi connectivity index (χ0) is 12.7. The normalized spacial score (nSPS) is 11.0. The van der Waals surface area contributed by atoms with E-state index in [4.69, 9.17) is 4.42 Å². The highest BCUT2D eigenvalue weighted by molar-refractivity contribution is 6.12. The van der Waals surface area contributed by atoms with E-state index in [2.05, 4.69) is 5.32 Å². The van der Waals surface area contributed by atoms with Crippen LogP contribution >= 0.6 is 0 Å². The summed E-state index contributed by atoms with van der Waals surface area (Å²) in [7, 11) is 0. The molecule has 3 heteroatoms. The van der Waals surface area contributed by atoms with Crippen LogP contribution < -0.4 is 5.32 Å². The number of anilines is 1. The third kappa shape index (κ3) is 1.56. The van der Waals surface area contributed by atoms with Crippen molar-refractivity contribution in [2.24, 2.45) is 0 Å². The molecule has 2 aromatic carbocycles. The lowest BCUT2D eigenvalue weighted by Gasteiger charge is -2.04. The second-order valence-electron chi connectivity index (χ2n) is 4.41. The van der Waals surface area contributed by atoms with Crippen LogP contribution in [0.5, 0.6) is 0 Å². The SMILES string of the molecule is CC(=O)Nc1ccc(C)c2c1oc1ccccc12. The number of hydrogen-bond acceptors (Lipinski definition) is 2. The number of furan rings is 1. The Balaban J connectivity index is 2.41. The third-order valence-electron chi connectivity index (χ3n) is 3.05. The van der Waals surface area contributed by atoms with Crippen LogP contribution in [0, 0.1) is 6.92 Å². The molecule has 90 valence electrons. The Bertz CT molecular complexity index is 756. The smallest absolute Gasteiger partial charge is 0.221 e. The maximum absolute atomic E-state index is 11.2. The van der Waals surface area contributed by atoms with E-state index in [0.717, 1.165) is 33.2 Å². The summed E-state index contributed by atoms with van der Waals surface area (Å²) in [5.74, 6) is -0.0967. The van der Waals surface area contributed by atoms with Gasteiger partial charge in [0.05, 0.1) is 5.69 Å². The number of amides is 1. The second kappa shape index (κ2) is 3.88. The Labute approximate surface area is 104 Å². The number of carbonyl (C=O) groups excluding carboxylic acids is 1. The minimum absolute atomic E-state index is 0.0967. The van der Waals surface area contributed by atoms with Crippen LogP contribution in [0.3, 0.4) is 0 Å². The van der Waals surface area contributed by atoms with E-state index >= 15 is 0 Å². The van der Waals surface area contributed by atoms with E-state index < -0.39 is 0 Å². The van der Waals surface area contributed by atoms with Gasteiger partial charge in [-0.05, 0) is 24.6 Å². The Morgan fingerprint density at radius 3 is 2.72 bits per heavy atom. The quantitative estimate of drug-likeness (QED) is 0.700. The molecule has 3 aromatic rings. The number of benzene rings is 2. The van der Waals surface area contributed by atoms with Gasteiger partial charge in [0.15, 0.2) is 5.58 Å². The molecule has 0 aliphatic heterocycles. The van der Waals surface area contributed by atoms with E-state index in [-0.39, 0.29) is 5.91 Å². The lowest BCUT2D eigenvalue weighted by Crippen LogP contribution is -2.05. The molecule has 3 nitrogen and oxygen atoms in total. The molecule has 0 fully saturated rings. The topological polar surface area (TPSA) is 42.2 Å². The average Bonchev–Trinajstić information content (AvgIpc) is 2.72. The van der Waals surface area contributed by atoms with Gasteiger partial charge in [-0.1, -0.05) is 24.3 Å². The van der Waals surface area contributed by atoms with Gasteiger partial charge in [0.1, 0.15) is 5.58 Å². The lowest BCUT2D eigenvalue weighted by molar-refractivity contribution is -0.114. The number of rotatable bonds is 1. The number of nitrogens with one attached hydrogen (secondary N) is 1. The summed E-state index contributed by atoms with van der Waals surface area (Å²) in [6.45, 7) is 3.54. The van der Waals surface area contributed by atoms with Gasteiger partial charge < -0.3 is 9.73 Å². The van der Waals surface area contributed by atoms with Gasteiger partial charge in [-0.2, -0.15) is 0 Å². The molecular formula is C15H13NO2. The summed E-state index contributed by atoms with van der Waals surface area (Å²) < 4.78 is 5.85. The molecule has 0 bridgehead atoms. The monoisotopic (exact) mass is 239 g/mol. The first-order valence-electron chi connectivity index (χ1n) is 5.85. The van der Waals surface area contributed by atoms with Crippen LogP contribution in [0.4, 0.5) is 5.69 Å². The first-order valence-corrected chi connectivity index (χ1v) is 5.85. The summed E-state index contributed by atoms with van der Waals surface area (Å²) in [6.07, 6.45) is 0. The predicted molar refractivity (Wildman–Crippen MR) is 72.8 cm³/mol. The molecule has 0 aliphatic carbocycles. The largest absolute Gasteiger partial charge is 0.454 e. The van der Waals surface area contributed by atoms with Gasteiger partial charge in [-0.25, -0.2) is 0 Å². The van der Waals surface area contributed by atoms with Crippen molar-refractivity contribution in [1.29, 1.82) is 0 Å². The lowest BCUT2D eigenvalue weighted by atomic mass is 10.1. The van der Waals surface area contributed by atoms with Crippen molar-refractivity contribution in [3.63, 3.8) is 0 Å². The van der Waals surface area contributed by atoms with E-state index in [9.17, 15) is 4.79 Å². The molecule has 1 heterocycles. The van der Waals surface area contributed by atoms with Crippen molar-refractivity contribution in [2.75, 3.05) is 5.32 Å². The van der Waals surface area contributed by atoms with Gasteiger partial charge >= 0.3 is 0 Å². The Hall–Kier alpha value is -2.29. The molecule has 1 aromatic heterocycles. The van der Waals surface area contributed by atoms with Gasteiger partial charge in [0.25, 0.3) is 0 Å². The van der Waals surface area contributed by atoms with Crippen LogP contribution in [-0.2, 0) is 4.79 Å². The minimum Gasteiger partial charge on any atom is -0.454 e. The van der Waals surface area contributed by atoms with E-state index in [1.807, 2.05) is 43.3 Å². The molecule has 0 spiro atoms. The van der Waals surface area contributed by atoms with Crippen LogP contribution in [-0.4, -0.2) is 5.91 Å². The zero-order valence-corrected chi connectivity index (χ0v) is 10.3. The Kier molecular flexibility index (Phi) is 2.33. The summed E-state index contributed by atoms with van der Waals surface area (Å²) in [4.78, 5) is 11.2. The molecule has 0 aliphatic rings. The highest BCUT2D eigenvalue weighted by Gasteiger charge is 2.13. The minimum atomic E-state index is -0.0967. The maximum Gasteiger partial charge on any atom is 0.221 e. The third-order valence-corrected chi connectivity index (χ3v) is 3.05. The fraction of sp³-hybridized carbons (Fsp3) is 0.133. The molecule has 18 heavy (non-hydrogen) atoms. The Morgan fingerprint density at radius 1 is 1.17 bits per heavy atom. The predicted octanol–water partition coefficient (Wildman–Crippen LogP) is 3.85. The van der Waals surface area contributed by atoms with E-state index in [1.54, 1.807) is 0 Å². The first-order chi connectivity index (χ1) is 8.66. The highest BCUT2D eigenvalue weighted by atomic mass is 16.3. The number of carbonyl (C=O) groups is 1. The summed E-state index contributed by atoms with van der Waals surface area (Å²) in [5, 5.41) is 4.95. The van der Waals surface area contributed by atoms with Crippen molar-refractivity contribution in [3.8, 4) is 0 Å². The molecule has 0 unspecified atom stereocenters. The van der Waals surface area contributed by atoms with Crippen molar-refractivity contribution in [3.05, 3.63) is 42.0 Å². The number of fused-ring (bicyclic) bond motifs is 3. The van der Waals surface area contributed by atoms with Gasteiger partial charge in [-0.15, -0.1) is 0 Å². The van der Waals surface area contributed by atoms with Crippen molar-refractivity contribution >= 4 is 33.5 Å². The summed E-state index contributed by atoms with van der Waals surface area (Å²) >= 11 is 0. The Morgan fingerprint density at radius 2 is 1.94 bits per heavy atom. The molecule has 0 radical (unpaired) electrons. The maximum atomic E-state index is 11.2. The average molecular weight is 239 g/mol. The second-order valence-corrected chi connectivity index (χ2v) is 4.41. The molecule has 0 saturated carbocycles. The number of para-hydroxylation sites is 1. The van der Waals surface area contributed by atoms with Crippen LogP contribution in [0.2, 0.25) is 0 Å². The first kappa shape index (κ1) is 10.8. The van der Waals surface area contributed by atoms with E-state index in [1.165, 1.54) is 6.92 Å². The molecule has 0 saturated heterocycles. The molecule has 0 atom stereocenters.